The van der Waals surface area contributed by atoms with Crippen LogP contribution in [0.15, 0.2) is 29.1 Å². The van der Waals surface area contributed by atoms with E-state index in [4.69, 9.17) is 0 Å². The minimum absolute atomic E-state index is 0.793. The van der Waals surface area contributed by atoms with Crippen molar-refractivity contribution >= 4 is 17.2 Å². The summed E-state index contributed by atoms with van der Waals surface area (Å²) in [6, 6.07) is 6.12. The van der Waals surface area contributed by atoms with Gasteiger partial charge in [0, 0.05) is 19.0 Å². The van der Waals surface area contributed by atoms with Crippen molar-refractivity contribution in [3.8, 4) is 0 Å². The van der Waals surface area contributed by atoms with E-state index in [1.54, 1.807) is 11.3 Å². The van der Waals surface area contributed by atoms with E-state index in [1.165, 1.54) is 0 Å². The van der Waals surface area contributed by atoms with Crippen LogP contribution in [-0.2, 0) is 13.1 Å². The zero-order valence-electron chi connectivity index (χ0n) is 10.8. The van der Waals surface area contributed by atoms with Crippen LogP contribution in [0.4, 0.5) is 5.82 Å². The Bertz CT molecular complexity index is 470. The Morgan fingerprint density at radius 2 is 2.22 bits per heavy atom. The lowest BCUT2D eigenvalue weighted by Crippen LogP contribution is -2.19. The standard InChI is InChI=1S/C13H18N4S/c1-3-14-7-11-5-4-6-13(16-11)17(2)8-12-9-18-10-15-12/h4-6,9-10,14H,3,7-8H2,1-2H3. The lowest BCUT2D eigenvalue weighted by molar-refractivity contribution is 0.708. The predicted molar refractivity (Wildman–Crippen MR) is 75.8 cm³/mol. The van der Waals surface area contributed by atoms with Crippen LogP contribution >= 0.6 is 11.3 Å². The van der Waals surface area contributed by atoms with E-state index >= 15 is 0 Å². The first-order valence-corrected chi connectivity index (χ1v) is 6.98. The van der Waals surface area contributed by atoms with Gasteiger partial charge in [0.25, 0.3) is 0 Å². The van der Waals surface area contributed by atoms with Gasteiger partial charge >= 0.3 is 0 Å². The number of nitrogens with one attached hydrogen (secondary N) is 1. The lowest BCUT2D eigenvalue weighted by atomic mass is 10.3. The van der Waals surface area contributed by atoms with Gasteiger partial charge in [-0.15, -0.1) is 11.3 Å². The normalized spacial score (nSPS) is 10.6. The Balaban J connectivity index is 2.03. The molecule has 0 fully saturated rings. The van der Waals surface area contributed by atoms with Gasteiger partial charge < -0.3 is 10.2 Å². The van der Waals surface area contributed by atoms with Crippen LogP contribution in [0, 0.1) is 0 Å². The van der Waals surface area contributed by atoms with E-state index in [0.29, 0.717) is 0 Å². The molecule has 0 saturated heterocycles. The van der Waals surface area contributed by atoms with Crippen LogP contribution < -0.4 is 10.2 Å². The van der Waals surface area contributed by atoms with Gasteiger partial charge in [0.1, 0.15) is 5.82 Å². The molecule has 0 spiro atoms. The molecule has 2 aromatic heterocycles. The molecule has 2 heterocycles. The van der Waals surface area contributed by atoms with Crippen LogP contribution in [0.2, 0.25) is 0 Å². The maximum absolute atomic E-state index is 4.63. The number of hydrogen-bond donors (Lipinski definition) is 1. The average molecular weight is 262 g/mol. The highest BCUT2D eigenvalue weighted by atomic mass is 32.1. The highest BCUT2D eigenvalue weighted by molar-refractivity contribution is 7.07. The van der Waals surface area contributed by atoms with Crippen molar-refractivity contribution in [3.63, 3.8) is 0 Å². The smallest absolute Gasteiger partial charge is 0.128 e. The summed E-state index contributed by atoms with van der Waals surface area (Å²) in [7, 11) is 2.04. The fourth-order valence-corrected chi connectivity index (χ4v) is 2.22. The molecular weight excluding hydrogens is 244 g/mol. The van der Waals surface area contributed by atoms with Gasteiger partial charge in [0.2, 0.25) is 0 Å². The first-order chi connectivity index (χ1) is 8.79. The molecule has 1 N–H and O–H groups in total. The van der Waals surface area contributed by atoms with Crippen LogP contribution in [0.5, 0.6) is 0 Å². The van der Waals surface area contributed by atoms with E-state index in [2.05, 4.69) is 32.5 Å². The number of anilines is 1. The van der Waals surface area contributed by atoms with Crippen molar-refractivity contribution in [2.24, 2.45) is 0 Å². The summed E-state index contributed by atoms with van der Waals surface area (Å²) < 4.78 is 0. The molecule has 5 heteroatoms. The second-order valence-electron chi connectivity index (χ2n) is 4.10. The van der Waals surface area contributed by atoms with E-state index in [9.17, 15) is 0 Å². The highest BCUT2D eigenvalue weighted by Gasteiger charge is 2.05. The largest absolute Gasteiger partial charge is 0.354 e. The number of nitrogens with zero attached hydrogens (tertiary/aromatic N) is 3. The Morgan fingerprint density at radius 3 is 2.94 bits per heavy atom. The van der Waals surface area contributed by atoms with E-state index < -0.39 is 0 Å². The molecule has 0 aliphatic carbocycles. The van der Waals surface area contributed by atoms with Gasteiger partial charge in [0.15, 0.2) is 0 Å². The molecule has 0 unspecified atom stereocenters. The number of aromatic nitrogens is 2. The summed E-state index contributed by atoms with van der Waals surface area (Å²) in [5, 5.41) is 5.35. The molecule has 0 aliphatic heterocycles. The van der Waals surface area contributed by atoms with Crippen molar-refractivity contribution in [2.45, 2.75) is 20.0 Å². The van der Waals surface area contributed by atoms with Crippen molar-refractivity contribution in [2.75, 3.05) is 18.5 Å². The second-order valence-corrected chi connectivity index (χ2v) is 4.82. The first kappa shape index (κ1) is 13.0. The fraction of sp³-hybridized carbons (Fsp3) is 0.385. The third-order valence-electron chi connectivity index (χ3n) is 2.62. The molecule has 0 saturated carbocycles. The van der Waals surface area contributed by atoms with Crippen molar-refractivity contribution in [1.29, 1.82) is 0 Å². The lowest BCUT2D eigenvalue weighted by Gasteiger charge is -2.17. The van der Waals surface area contributed by atoms with Crippen molar-refractivity contribution in [1.82, 2.24) is 15.3 Å². The van der Waals surface area contributed by atoms with Crippen LogP contribution in [0.1, 0.15) is 18.3 Å². The molecular formula is C13H18N4S. The predicted octanol–water partition coefficient (Wildman–Crippen LogP) is 2.28. The maximum Gasteiger partial charge on any atom is 0.128 e. The Labute approximate surface area is 112 Å². The summed E-state index contributed by atoms with van der Waals surface area (Å²) in [4.78, 5) is 11.0. The third kappa shape index (κ3) is 3.51. The molecule has 0 bridgehead atoms. The summed E-state index contributed by atoms with van der Waals surface area (Å²) in [5.74, 6) is 0.985. The number of pyridine rings is 1. The highest BCUT2D eigenvalue weighted by Crippen LogP contribution is 2.13. The zero-order chi connectivity index (χ0) is 12.8. The average Bonchev–Trinajstić information content (AvgIpc) is 2.89. The van der Waals surface area contributed by atoms with Gasteiger partial charge in [-0.1, -0.05) is 13.0 Å². The van der Waals surface area contributed by atoms with Gasteiger partial charge in [-0.2, -0.15) is 0 Å². The van der Waals surface area contributed by atoms with Gasteiger partial charge in [-0.3, -0.25) is 0 Å². The summed E-state index contributed by atoms with van der Waals surface area (Å²) in [5.41, 5.74) is 4.01. The minimum atomic E-state index is 0.793. The summed E-state index contributed by atoms with van der Waals surface area (Å²) >= 11 is 1.62. The third-order valence-corrected chi connectivity index (χ3v) is 3.26. The molecule has 0 atom stereocenters. The fourth-order valence-electron chi connectivity index (χ4n) is 1.67. The molecule has 0 aliphatic rings. The Kier molecular flexibility index (Phi) is 4.66. The number of thiazole rings is 1. The molecule has 18 heavy (non-hydrogen) atoms. The van der Waals surface area contributed by atoms with Gasteiger partial charge in [-0.25, -0.2) is 9.97 Å². The Hall–Kier alpha value is -1.46. The van der Waals surface area contributed by atoms with E-state index in [-0.39, 0.29) is 0 Å². The van der Waals surface area contributed by atoms with Crippen LogP contribution in [-0.4, -0.2) is 23.6 Å². The molecule has 2 aromatic rings. The SMILES string of the molecule is CCNCc1cccc(N(C)Cc2cscn2)n1. The van der Waals surface area contributed by atoms with E-state index in [0.717, 1.165) is 36.8 Å². The topological polar surface area (TPSA) is 41.0 Å². The summed E-state index contributed by atoms with van der Waals surface area (Å²) in [6.07, 6.45) is 0. The second kappa shape index (κ2) is 6.47. The zero-order valence-corrected chi connectivity index (χ0v) is 11.6. The molecule has 0 amide bonds. The summed E-state index contributed by atoms with van der Waals surface area (Å²) in [6.45, 7) is 4.66. The number of hydrogen-bond acceptors (Lipinski definition) is 5. The van der Waals surface area contributed by atoms with Crippen molar-refractivity contribution in [3.05, 3.63) is 40.5 Å². The quantitative estimate of drug-likeness (QED) is 0.867. The monoisotopic (exact) mass is 262 g/mol. The Morgan fingerprint density at radius 1 is 1.33 bits per heavy atom. The maximum atomic E-state index is 4.63. The van der Waals surface area contributed by atoms with Gasteiger partial charge in [0.05, 0.1) is 23.4 Å². The van der Waals surface area contributed by atoms with Crippen LogP contribution in [0.25, 0.3) is 0 Å². The molecule has 0 aromatic carbocycles. The molecule has 0 radical (unpaired) electrons. The van der Waals surface area contributed by atoms with E-state index in [1.807, 2.05) is 30.8 Å². The van der Waals surface area contributed by atoms with Gasteiger partial charge in [-0.05, 0) is 18.7 Å². The van der Waals surface area contributed by atoms with Crippen LogP contribution in [0.3, 0.4) is 0 Å². The van der Waals surface area contributed by atoms with Crippen molar-refractivity contribution < 1.29 is 0 Å². The molecule has 2 rings (SSSR count). The minimum Gasteiger partial charge on any atom is -0.354 e. The first-order valence-electron chi connectivity index (χ1n) is 6.04. The number of rotatable bonds is 6. The molecule has 96 valence electrons. The molecule has 4 nitrogen and oxygen atoms in total.